The summed E-state index contributed by atoms with van der Waals surface area (Å²) < 4.78 is 1.82. The minimum Gasteiger partial charge on any atom is -0.307 e. The molecule has 114 valence electrons. The molecule has 0 fully saturated rings. The van der Waals surface area contributed by atoms with Gasteiger partial charge in [-0.1, -0.05) is 30.3 Å². The molecule has 0 atom stereocenters. The third kappa shape index (κ3) is 2.66. The number of fused-ring (bicyclic) bond motifs is 1. The first-order valence-corrected chi connectivity index (χ1v) is 8.06. The Morgan fingerprint density at radius 2 is 1.87 bits per heavy atom. The smallest absolute Gasteiger partial charge is 0.249 e. The molecule has 0 radical (unpaired) electrons. The molecule has 4 aromatic rings. The topological polar surface area (TPSA) is 68.0 Å². The fourth-order valence-corrected chi connectivity index (χ4v) is 3.15. The zero-order valence-corrected chi connectivity index (χ0v) is 13.5. The van der Waals surface area contributed by atoms with E-state index in [0.29, 0.717) is 17.6 Å². The first kappa shape index (κ1) is 13.8. The van der Waals surface area contributed by atoms with Crippen LogP contribution in [0.4, 0.5) is 11.8 Å². The Bertz CT molecular complexity index is 973. The van der Waals surface area contributed by atoms with Gasteiger partial charge in [0.05, 0.1) is 11.4 Å². The first-order chi connectivity index (χ1) is 11.2. The van der Waals surface area contributed by atoms with Gasteiger partial charge in [0, 0.05) is 17.0 Å². The van der Waals surface area contributed by atoms with Gasteiger partial charge in [0.25, 0.3) is 0 Å². The van der Waals surface area contributed by atoms with Crippen molar-refractivity contribution in [3.05, 3.63) is 53.3 Å². The number of aryl methyl sites for hydroxylation is 2. The molecule has 0 aliphatic heterocycles. The number of hydrogen-bond donors (Lipinski definition) is 1. The van der Waals surface area contributed by atoms with E-state index in [1.807, 2.05) is 60.1 Å². The van der Waals surface area contributed by atoms with Crippen molar-refractivity contribution < 1.29 is 0 Å². The van der Waals surface area contributed by atoms with Gasteiger partial charge in [-0.3, -0.25) is 0 Å². The van der Waals surface area contributed by atoms with Gasteiger partial charge < -0.3 is 5.32 Å². The van der Waals surface area contributed by atoms with Crippen molar-refractivity contribution in [1.29, 1.82) is 0 Å². The summed E-state index contributed by atoms with van der Waals surface area (Å²) in [7, 11) is 0. The number of thiazole rings is 1. The molecule has 0 amide bonds. The van der Waals surface area contributed by atoms with E-state index in [2.05, 4.69) is 25.4 Å². The van der Waals surface area contributed by atoms with Crippen LogP contribution < -0.4 is 5.32 Å². The molecular weight excluding hydrogens is 308 g/mol. The monoisotopic (exact) mass is 322 g/mol. The van der Waals surface area contributed by atoms with Crippen molar-refractivity contribution in [2.45, 2.75) is 13.8 Å². The lowest BCUT2D eigenvalue weighted by atomic mass is 10.1. The highest BCUT2D eigenvalue weighted by Crippen LogP contribution is 2.22. The van der Waals surface area contributed by atoms with E-state index >= 15 is 0 Å². The zero-order chi connectivity index (χ0) is 15.8. The fraction of sp³-hybridized carbons (Fsp3) is 0.125. The van der Waals surface area contributed by atoms with E-state index < -0.39 is 0 Å². The van der Waals surface area contributed by atoms with Crippen LogP contribution in [-0.2, 0) is 0 Å². The third-order valence-corrected chi connectivity index (χ3v) is 4.33. The average molecular weight is 322 g/mol. The lowest BCUT2D eigenvalue weighted by Gasteiger charge is -2.06. The minimum atomic E-state index is 0.539. The second kappa shape index (κ2) is 5.44. The highest BCUT2D eigenvalue weighted by atomic mass is 32.1. The Balaban J connectivity index is 1.70. The number of hydrogen-bond acceptors (Lipinski definition) is 6. The molecule has 0 aliphatic rings. The van der Waals surface area contributed by atoms with Gasteiger partial charge >= 0.3 is 0 Å². The molecular formula is C16H14N6S. The molecule has 23 heavy (non-hydrogen) atoms. The molecule has 4 rings (SSSR count). The maximum absolute atomic E-state index is 4.50. The van der Waals surface area contributed by atoms with Crippen LogP contribution in [-0.4, -0.2) is 24.6 Å². The largest absolute Gasteiger partial charge is 0.307 e. The summed E-state index contributed by atoms with van der Waals surface area (Å²) in [6.07, 6.45) is 0. The molecule has 0 saturated carbocycles. The van der Waals surface area contributed by atoms with Crippen LogP contribution in [0.1, 0.15) is 11.5 Å². The standard InChI is InChI=1S/C16H14N6S/c1-10-9-23-16-20-15(21-22(10)16)19-14-8-13(17-11(2)18-14)12-6-4-3-5-7-12/h3-9H,1-2H3,(H,17,18,19,21). The van der Waals surface area contributed by atoms with Crippen molar-refractivity contribution in [1.82, 2.24) is 24.6 Å². The normalized spacial score (nSPS) is 11.0. The lowest BCUT2D eigenvalue weighted by molar-refractivity contribution is 0.934. The van der Waals surface area contributed by atoms with Crippen LogP contribution in [0.15, 0.2) is 41.8 Å². The molecule has 0 unspecified atom stereocenters. The van der Waals surface area contributed by atoms with Crippen LogP contribution in [0.3, 0.4) is 0 Å². The second-order valence-corrected chi connectivity index (χ2v) is 6.02. The Labute approximate surface area is 136 Å². The molecule has 7 heteroatoms. The van der Waals surface area contributed by atoms with E-state index in [1.165, 1.54) is 0 Å². The van der Waals surface area contributed by atoms with Crippen LogP contribution in [0.2, 0.25) is 0 Å². The highest BCUT2D eigenvalue weighted by Gasteiger charge is 2.10. The van der Waals surface area contributed by atoms with Crippen molar-refractivity contribution in [3.8, 4) is 11.3 Å². The van der Waals surface area contributed by atoms with Gasteiger partial charge in [-0.2, -0.15) is 4.98 Å². The molecule has 0 spiro atoms. The summed E-state index contributed by atoms with van der Waals surface area (Å²) in [5, 5.41) is 9.64. The number of rotatable bonds is 3. The fourth-order valence-electron chi connectivity index (χ4n) is 2.35. The average Bonchev–Trinajstić information content (AvgIpc) is 3.09. The van der Waals surface area contributed by atoms with Gasteiger partial charge in [-0.15, -0.1) is 16.4 Å². The third-order valence-electron chi connectivity index (χ3n) is 3.39. The van der Waals surface area contributed by atoms with E-state index in [4.69, 9.17) is 0 Å². The van der Waals surface area contributed by atoms with Gasteiger partial charge in [0.15, 0.2) is 0 Å². The van der Waals surface area contributed by atoms with E-state index in [9.17, 15) is 0 Å². The van der Waals surface area contributed by atoms with Gasteiger partial charge in [-0.25, -0.2) is 14.5 Å². The Kier molecular flexibility index (Phi) is 3.27. The van der Waals surface area contributed by atoms with E-state index in [1.54, 1.807) is 11.3 Å². The Morgan fingerprint density at radius 1 is 1.04 bits per heavy atom. The van der Waals surface area contributed by atoms with Crippen LogP contribution in [0.5, 0.6) is 0 Å². The maximum atomic E-state index is 4.50. The first-order valence-electron chi connectivity index (χ1n) is 7.18. The van der Waals surface area contributed by atoms with Crippen LogP contribution >= 0.6 is 11.3 Å². The molecule has 1 N–H and O–H groups in total. The summed E-state index contributed by atoms with van der Waals surface area (Å²) in [4.78, 5) is 14.2. The molecule has 1 aromatic carbocycles. The van der Waals surface area contributed by atoms with E-state index in [-0.39, 0.29) is 0 Å². The van der Waals surface area contributed by atoms with Crippen LogP contribution in [0.25, 0.3) is 16.2 Å². The number of nitrogens with one attached hydrogen (secondary N) is 1. The molecule has 0 aliphatic carbocycles. The van der Waals surface area contributed by atoms with E-state index in [0.717, 1.165) is 21.9 Å². The second-order valence-electron chi connectivity index (χ2n) is 5.18. The Hall–Kier alpha value is -2.80. The minimum absolute atomic E-state index is 0.539. The summed E-state index contributed by atoms with van der Waals surface area (Å²) in [5.74, 6) is 1.93. The molecule has 0 bridgehead atoms. The molecule has 3 heterocycles. The molecule has 0 saturated heterocycles. The van der Waals surface area contributed by atoms with Crippen molar-refractivity contribution in [2.75, 3.05) is 5.32 Å². The number of benzene rings is 1. The number of aromatic nitrogens is 5. The summed E-state index contributed by atoms with van der Waals surface area (Å²) in [5.41, 5.74) is 2.99. The summed E-state index contributed by atoms with van der Waals surface area (Å²) in [6.45, 7) is 3.88. The summed E-state index contributed by atoms with van der Waals surface area (Å²) >= 11 is 1.57. The maximum Gasteiger partial charge on any atom is 0.249 e. The van der Waals surface area contributed by atoms with Crippen molar-refractivity contribution in [3.63, 3.8) is 0 Å². The zero-order valence-electron chi connectivity index (χ0n) is 12.7. The highest BCUT2D eigenvalue weighted by molar-refractivity contribution is 7.15. The predicted octanol–water partition coefficient (Wildman–Crippen LogP) is 3.61. The Morgan fingerprint density at radius 3 is 2.65 bits per heavy atom. The molecule has 3 aromatic heterocycles. The van der Waals surface area contributed by atoms with Gasteiger partial charge in [0.2, 0.25) is 10.9 Å². The SMILES string of the molecule is Cc1nc(Nc2nc3scc(C)n3n2)cc(-c2ccccc2)n1. The lowest BCUT2D eigenvalue weighted by Crippen LogP contribution is -2.00. The van der Waals surface area contributed by atoms with Crippen LogP contribution in [0, 0.1) is 13.8 Å². The quantitative estimate of drug-likeness (QED) is 0.624. The van der Waals surface area contributed by atoms with Crippen molar-refractivity contribution in [2.24, 2.45) is 0 Å². The predicted molar refractivity (Wildman–Crippen MR) is 91.1 cm³/mol. The summed E-state index contributed by atoms with van der Waals surface area (Å²) in [6, 6.07) is 11.9. The number of anilines is 2. The van der Waals surface area contributed by atoms with Gasteiger partial charge in [0.1, 0.15) is 11.6 Å². The van der Waals surface area contributed by atoms with Crippen molar-refractivity contribution >= 4 is 28.1 Å². The number of nitrogens with zero attached hydrogens (tertiary/aromatic N) is 5. The molecule has 6 nitrogen and oxygen atoms in total. The van der Waals surface area contributed by atoms with Gasteiger partial charge in [-0.05, 0) is 13.8 Å².